The molecule has 2 amide bonds. The molecule has 2 aliphatic heterocycles. The van der Waals surface area contributed by atoms with Crippen LogP contribution in [0.5, 0.6) is 0 Å². The van der Waals surface area contributed by atoms with Crippen molar-refractivity contribution in [3.8, 4) is 0 Å². The molecule has 2 saturated heterocycles. The second-order valence-electron chi connectivity index (χ2n) is 7.47. The third kappa shape index (κ3) is 3.54. The van der Waals surface area contributed by atoms with Gasteiger partial charge >= 0.3 is 0 Å². The largest absolute Gasteiger partial charge is 0.332 e. The highest BCUT2D eigenvalue weighted by molar-refractivity contribution is 5.97. The zero-order chi connectivity index (χ0) is 18.1. The Kier molecular flexibility index (Phi) is 5.08. The first-order valence-electron chi connectivity index (χ1n) is 8.91. The van der Waals surface area contributed by atoms with E-state index in [4.69, 9.17) is 0 Å². The van der Waals surface area contributed by atoms with Crippen LogP contribution in [-0.4, -0.2) is 65.3 Å². The van der Waals surface area contributed by atoms with Crippen molar-refractivity contribution in [2.24, 2.45) is 5.92 Å². The van der Waals surface area contributed by atoms with Gasteiger partial charge in [0.05, 0.1) is 0 Å². The van der Waals surface area contributed by atoms with Crippen molar-refractivity contribution in [2.45, 2.75) is 38.9 Å². The lowest BCUT2D eigenvalue weighted by Gasteiger charge is -2.48. The topological polar surface area (TPSA) is 43.9 Å². The molecule has 0 bridgehead atoms. The van der Waals surface area contributed by atoms with Crippen LogP contribution in [0.25, 0.3) is 0 Å². The van der Waals surface area contributed by atoms with Gasteiger partial charge in [0.1, 0.15) is 17.9 Å². The molecule has 2 fully saturated rings. The van der Waals surface area contributed by atoms with Crippen LogP contribution in [0.2, 0.25) is 0 Å². The molecule has 0 aliphatic carbocycles. The zero-order valence-electron chi connectivity index (χ0n) is 15.1. The molecular formula is C19H26FN3O2. The van der Waals surface area contributed by atoms with Gasteiger partial charge in [-0.25, -0.2) is 4.39 Å². The van der Waals surface area contributed by atoms with E-state index in [1.165, 1.54) is 6.07 Å². The molecule has 3 rings (SSSR count). The summed E-state index contributed by atoms with van der Waals surface area (Å²) >= 11 is 0. The minimum absolute atomic E-state index is 0.0107. The van der Waals surface area contributed by atoms with Crippen LogP contribution in [0, 0.1) is 11.7 Å². The zero-order valence-corrected chi connectivity index (χ0v) is 15.1. The number of carbonyl (C=O) groups excluding carboxylic acids is 2. The van der Waals surface area contributed by atoms with Gasteiger partial charge in [0.15, 0.2) is 0 Å². The lowest BCUT2D eigenvalue weighted by molar-refractivity contribution is -0.164. The number of rotatable bonds is 4. The van der Waals surface area contributed by atoms with Crippen LogP contribution in [0.15, 0.2) is 24.3 Å². The van der Waals surface area contributed by atoms with Crippen molar-refractivity contribution in [3.63, 3.8) is 0 Å². The molecule has 1 aromatic carbocycles. The summed E-state index contributed by atoms with van der Waals surface area (Å²) in [6.45, 7) is 6.21. The second-order valence-corrected chi connectivity index (χ2v) is 7.47. The number of nitrogens with zero attached hydrogens (tertiary/aromatic N) is 3. The second kappa shape index (κ2) is 7.12. The smallest absolute Gasteiger partial charge is 0.247 e. The average molecular weight is 347 g/mol. The molecule has 0 unspecified atom stereocenters. The number of amides is 2. The summed E-state index contributed by atoms with van der Waals surface area (Å²) in [6.07, 6.45) is 0.684. The standard InChI is InChI=1S/C19H26FN3O2/c1-13(2)10-16-19(25)23-9-8-22(12-17(23)18(24)21(16)3)11-14-6-4-5-7-15(14)20/h4-7,13,16-17H,8-12H2,1-3H3/t16-,17+/m0/s1. The number of fused-ring (bicyclic) bond motifs is 1. The molecule has 2 aliphatic rings. The predicted molar refractivity (Wildman–Crippen MR) is 93.2 cm³/mol. The van der Waals surface area contributed by atoms with E-state index in [0.717, 1.165) is 0 Å². The summed E-state index contributed by atoms with van der Waals surface area (Å²) in [5, 5.41) is 0. The predicted octanol–water partition coefficient (Wildman–Crippen LogP) is 1.73. The maximum Gasteiger partial charge on any atom is 0.247 e. The highest BCUT2D eigenvalue weighted by Crippen LogP contribution is 2.25. The Bertz CT molecular complexity index is 664. The number of carbonyl (C=O) groups is 2. The fourth-order valence-electron chi connectivity index (χ4n) is 3.78. The number of hydrogen-bond acceptors (Lipinski definition) is 3. The van der Waals surface area contributed by atoms with Crippen LogP contribution in [0.3, 0.4) is 0 Å². The average Bonchev–Trinajstić information content (AvgIpc) is 2.58. The summed E-state index contributed by atoms with van der Waals surface area (Å²) in [5.41, 5.74) is 0.622. The maximum absolute atomic E-state index is 13.9. The van der Waals surface area contributed by atoms with Crippen LogP contribution >= 0.6 is 0 Å². The van der Waals surface area contributed by atoms with E-state index in [-0.39, 0.29) is 23.7 Å². The maximum atomic E-state index is 13.9. The van der Waals surface area contributed by atoms with Crippen molar-refractivity contribution in [3.05, 3.63) is 35.6 Å². The van der Waals surface area contributed by atoms with Crippen LogP contribution in [0.1, 0.15) is 25.8 Å². The SMILES string of the molecule is CC(C)C[C@H]1C(=O)N2CCN(Cc3ccccc3F)C[C@@H]2C(=O)N1C. The van der Waals surface area contributed by atoms with E-state index >= 15 is 0 Å². The molecular weight excluding hydrogens is 321 g/mol. The van der Waals surface area contributed by atoms with Gasteiger partial charge in [-0.15, -0.1) is 0 Å². The molecule has 136 valence electrons. The Morgan fingerprint density at radius 2 is 1.88 bits per heavy atom. The molecule has 2 heterocycles. The lowest BCUT2D eigenvalue weighted by atomic mass is 9.95. The van der Waals surface area contributed by atoms with Gasteiger partial charge in [-0.1, -0.05) is 32.0 Å². The minimum Gasteiger partial charge on any atom is -0.332 e. The Balaban J connectivity index is 1.72. The molecule has 25 heavy (non-hydrogen) atoms. The highest BCUT2D eigenvalue weighted by Gasteiger charge is 2.46. The Hall–Kier alpha value is -1.95. The van der Waals surface area contributed by atoms with Gasteiger partial charge in [-0.3, -0.25) is 14.5 Å². The fraction of sp³-hybridized carbons (Fsp3) is 0.579. The Morgan fingerprint density at radius 1 is 1.16 bits per heavy atom. The Morgan fingerprint density at radius 3 is 2.56 bits per heavy atom. The van der Waals surface area contributed by atoms with E-state index in [1.807, 2.05) is 6.07 Å². The number of piperazine rings is 2. The third-order valence-corrected chi connectivity index (χ3v) is 5.18. The molecule has 2 atom stereocenters. The Labute approximate surface area is 148 Å². The number of hydrogen-bond donors (Lipinski definition) is 0. The van der Waals surface area contributed by atoms with E-state index in [2.05, 4.69) is 18.7 Å². The summed E-state index contributed by atoms with van der Waals surface area (Å²) in [4.78, 5) is 31.0. The number of halogens is 1. The van der Waals surface area contributed by atoms with Crippen molar-refractivity contribution >= 4 is 11.8 Å². The molecule has 0 N–H and O–H groups in total. The lowest BCUT2D eigenvalue weighted by Crippen LogP contribution is -2.69. The van der Waals surface area contributed by atoms with Gasteiger partial charge in [-0.2, -0.15) is 0 Å². The van der Waals surface area contributed by atoms with E-state index < -0.39 is 6.04 Å². The fourth-order valence-corrected chi connectivity index (χ4v) is 3.78. The highest BCUT2D eigenvalue weighted by atomic mass is 19.1. The normalized spacial score (nSPS) is 24.8. The third-order valence-electron chi connectivity index (χ3n) is 5.18. The summed E-state index contributed by atoms with van der Waals surface area (Å²) in [5.74, 6) is 0.156. The molecule has 0 saturated carbocycles. The quantitative estimate of drug-likeness (QED) is 0.833. The molecule has 0 aromatic heterocycles. The van der Waals surface area contributed by atoms with Crippen molar-refractivity contribution in [1.82, 2.24) is 14.7 Å². The van der Waals surface area contributed by atoms with Crippen molar-refractivity contribution in [1.29, 1.82) is 0 Å². The van der Waals surface area contributed by atoms with Gasteiger partial charge in [0.25, 0.3) is 0 Å². The first kappa shape index (κ1) is 17.9. The molecule has 0 spiro atoms. The van der Waals surface area contributed by atoms with E-state index in [0.29, 0.717) is 44.1 Å². The van der Waals surface area contributed by atoms with Crippen molar-refractivity contribution in [2.75, 3.05) is 26.7 Å². The molecule has 5 nitrogen and oxygen atoms in total. The number of benzene rings is 1. The summed E-state index contributed by atoms with van der Waals surface area (Å²) in [6, 6.07) is 5.88. The van der Waals surface area contributed by atoms with E-state index in [9.17, 15) is 14.0 Å². The van der Waals surface area contributed by atoms with Gasteiger partial charge < -0.3 is 9.80 Å². The molecule has 1 aromatic rings. The summed E-state index contributed by atoms with van der Waals surface area (Å²) in [7, 11) is 1.72. The minimum atomic E-state index is -0.457. The molecule has 6 heteroatoms. The van der Waals surface area contributed by atoms with Crippen molar-refractivity contribution < 1.29 is 14.0 Å². The van der Waals surface area contributed by atoms with Crippen LogP contribution < -0.4 is 0 Å². The van der Waals surface area contributed by atoms with Crippen LogP contribution in [0.4, 0.5) is 4.39 Å². The van der Waals surface area contributed by atoms with Crippen LogP contribution in [-0.2, 0) is 16.1 Å². The number of likely N-dealkylation sites (N-methyl/N-ethyl adjacent to an activating group) is 1. The van der Waals surface area contributed by atoms with E-state index in [1.54, 1.807) is 29.0 Å². The first-order valence-corrected chi connectivity index (χ1v) is 8.91. The monoisotopic (exact) mass is 347 g/mol. The van der Waals surface area contributed by atoms with Gasteiger partial charge in [0, 0.05) is 38.8 Å². The molecule has 0 radical (unpaired) electrons. The summed E-state index contributed by atoms with van der Waals surface area (Å²) < 4.78 is 13.9. The van der Waals surface area contributed by atoms with Gasteiger partial charge in [0.2, 0.25) is 11.8 Å². The van der Waals surface area contributed by atoms with Gasteiger partial charge in [-0.05, 0) is 18.4 Å². The first-order chi connectivity index (χ1) is 11.9.